The molecule has 1 fully saturated rings. The molecule has 0 atom stereocenters. The number of benzene rings is 2. The number of hydrogen-bond donors (Lipinski definition) is 1. The van der Waals surface area contributed by atoms with Gasteiger partial charge in [-0.25, -0.2) is 8.42 Å². The molecule has 3 rings (SSSR count). The van der Waals surface area contributed by atoms with E-state index in [1.165, 1.54) is 16.4 Å². The van der Waals surface area contributed by atoms with Crippen LogP contribution in [0.3, 0.4) is 0 Å². The Balaban J connectivity index is 1.73. The van der Waals surface area contributed by atoms with Crippen LogP contribution in [-0.4, -0.2) is 43.2 Å². The highest BCUT2D eigenvalue weighted by molar-refractivity contribution is 9.10. The standard InChI is InChI=1S/C19H20BrN3O6S/c1-13-4-5-14(10-16(13)20)21-19(24)12-29-18-7-6-15(11-17(18)23(25)26)30(27,28)22-8-2-3-9-22/h4-7,10-11H,2-3,8-9,12H2,1H3,(H,21,24). The molecule has 0 aliphatic carbocycles. The van der Waals surface area contributed by atoms with Gasteiger partial charge >= 0.3 is 5.69 Å². The van der Waals surface area contributed by atoms with Crippen molar-refractivity contribution in [3.63, 3.8) is 0 Å². The molecule has 0 spiro atoms. The molecular weight excluding hydrogens is 478 g/mol. The molecule has 1 N–H and O–H groups in total. The van der Waals surface area contributed by atoms with E-state index >= 15 is 0 Å². The first kappa shape index (κ1) is 22.2. The number of nitro groups is 1. The number of rotatable bonds is 7. The second-order valence-corrected chi connectivity index (χ2v) is 9.59. The maximum Gasteiger partial charge on any atom is 0.312 e. The highest BCUT2D eigenvalue weighted by Gasteiger charge is 2.30. The lowest BCUT2D eigenvalue weighted by molar-refractivity contribution is -0.386. The number of nitrogens with one attached hydrogen (secondary N) is 1. The lowest BCUT2D eigenvalue weighted by Gasteiger charge is -2.16. The number of ether oxygens (including phenoxy) is 1. The normalized spacial score (nSPS) is 14.5. The molecule has 11 heteroatoms. The first-order valence-corrected chi connectivity index (χ1v) is 11.4. The van der Waals surface area contributed by atoms with Gasteiger partial charge in [-0.3, -0.25) is 14.9 Å². The van der Waals surface area contributed by atoms with E-state index in [2.05, 4.69) is 21.2 Å². The van der Waals surface area contributed by atoms with Crippen molar-refractivity contribution in [2.75, 3.05) is 25.0 Å². The fourth-order valence-corrected chi connectivity index (χ4v) is 4.93. The second-order valence-electron chi connectivity index (χ2n) is 6.80. The Bertz CT molecular complexity index is 1080. The van der Waals surface area contributed by atoms with Gasteiger partial charge in [-0.1, -0.05) is 22.0 Å². The minimum absolute atomic E-state index is 0.169. The summed E-state index contributed by atoms with van der Waals surface area (Å²) in [7, 11) is -3.80. The predicted molar refractivity (Wildman–Crippen MR) is 114 cm³/mol. The zero-order valence-corrected chi connectivity index (χ0v) is 18.5. The van der Waals surface area contributed by atoms with Crippen LogP contribution < -0.4 is 10.1 Å². The van der Waals surface area contributed by atoms with Crippen molar-refractivity contribution < 1.29 is 22.9 Å². The Labute approximate surface area is 182 Å². The van der Waals surface area contributed by atoms with E-state index < -0.39 is 33.1 Å². The summed E-state index contributed by atoms with van der Waals surface area (Å²) in [6.45, 7) is 2.23. The summed E-state index contributed by atoms with van der Waals surface area (Å²) in [5, 5.41) is 14.1. The van der Waals surface area contributed by atoms with Crippen LogP contribution in [0.4, 0.5) is 11.4 Å². The first-order valence-electron chi connectivity index (χ1n) is 9.16. The summed E-state index contributed by atoms with van der Waals surface area (Å²) in [6, 6.07) is 8.71. The van der Waals surface area contributed by atoms with Gasteiger partial charge in [0.2, 0.25) is 10.0 Å². The lowest BCUT2D eigenvalue weighted by atomic mass is 10.2. The van der Waals surface area contributed by atoms with Crippen molar-refractivity contribution in [1.82, 2.24) is 4.31 Å². The van der Waals surface area contributed by atoms with Gasteiger partial charge in [0, 0.05) is 29.3 Å². The van der Waals surface area contributed by atoms with Crippen molar-refractivity contribution in [2.24, 2.45) is 0 Å². The number of nitro benzene ring substituents is 1. The molecule has 1 heterocycles. The van der Waals surface area contributed by atoms with Crippen LogP contribution in [-0.2, 0) is 14.8 Å². The maximum atomic E-state index is 12.6. The summed E-state index contributed by atoms with van der Waals surface area (Å²) >= 11 is 3.37. The van der Waals surface area contributed by atoms with Crippen molar-refractivity contribution in [2.45, 2.75) is 24.7 Å². The predicted octanol–water partition coefficient (Wildman–Crippen LogP) is 3.47. The average molecular weight is 498 g/mol. The Kier molecular flexibility index (Phi) is 6.74. The Morgan fingerprint density at radius 3 is 2.57 bits per heavy atom. The molecule has 0 unspecified atom stereocenters. The van der Waals surface area contributed by atoms with Crippen molar-refractivity contribution in [1.29, 1.82) is 0 Å². The molecule has 1 amide bonds. The minimum atomic E-state index is -3.80. The van der Waals surface area contributed by atoms with Crippen molar-refractivity contribution >= 4 is 43.2 Å². The SMILES string of the molecule is Cc1ccc(NC(=O)COc2ccc(S(=O)(=O)N3CCCC3)cc2[N+](=O)[O-])cc1Br. The van der Waals surface area contributed by atoms with Crippen LogP contribution >= 0.6 is 15.9 Å². The highest BCUT2D eigenvalue weighted by atomic mass is 79.9. The smallest absolute Gasteiger partial charge is 0.312 e. The van der Waals surface area contributed by atoms with Gasteiger partial charge in [0.1, 0.15) is 0 Å². The molecule has 9 nitrogen and oxygen atoms in total. The lowest BCUT2D eigenvalue weighted by Crippen LogP contribution is -2.28. The molecular formula is C19H20BrN3O6S. The van der Waals surface area contributed by atoms with Crippen LogP contribution in [0.25, 0.3) is 0 Å². The van der Waals surface area contributed by atoms with E-state index in [-0.39, 0.29) is 10.6 Å². The summed E-state index contributed by atoms with van der Waals surface area (Å²) in [6.07, 6.45) is 1.52. The van der Waals surface area contributed by atoms with Gasteiger partial charge in [0.25, 0.3) is 5.91 Å². The van der Waals surface area contributed by atoms with Crippen LogP contribution in [0.15, 0.2) is 45.8 Å². The zero-order valence-electron chi connectivity index (χ0n) is 16.1. The summed E-state index contributed by atoms with van der Waals surface area (Å²) in [5.41, 5.74) is 1.03. The molecule has 160 valence electrons. The summed E-state index contributed by atoms with van der Waals surface area (Å²) < 4.78 is 32.7. The van der Waals surface area contributed by atoms with Crippen LogP contribution in [0.5, 0.6) is 5.75 Å². The molecule has 0 aromatic heterocycles. The van der Waals surface area contributed by atoms with E-state index in [9.17, 15) is 23.3 Å². The number of nitrogens with zero attached hydrogens (tertiary/aromatic N) is 2. The third kappa shape index (κ3) is 4.97. The Hall–Kier alpha value is -2.50. The van der Waals surface area contributed by atoms with Gasteiger partial charge in [0.15, 0.2) is 12.4 Å². The maximum absolute atomic E-state index is 12.6. The number of hydrogen-bond acceptors (Lipinski definition) is 6. The third-order valence-corrected chi connectivity index (χ3v) is 7.39. The summed E-state index contributed by atoms with van der Waals surface area (Å²) in [4.78, 5) is 22.7. The zero-order chi connectivity index (χ0) is 21.9. The molecule has 1 aliphatic rings. The molecule has 1 saturated heterocycles. The Morgan fingerprint density at radius 2 is 1.93 bits per heavy atom. The average Bonchev–Trinajstić information content (AvgIpc) is 3.25. The van der Waals surface area contributed by atoms with Gasteiger partial charge in [0.05, 0.1) is 9.82 Å². The van der Waals surface area contributed by atoms with Gasteiger partial charge in [-0.2, -0.15) is 4.31 Å². The summed E-state index contributed by atoms with van der Waals surface area (Å²) in [5.74, 6) is -0.686. The highest BCUT2D eigenvalue weighted by Crippen LogP contribution is 2.32. The largest absolute Gasteiger partial charge is 0.477 e. The van der Waals surface area contributed by atoms with Gasteiger partial charge in [-0.15, -0.1) is 0 Å². The number of anilines is 1. The molecule has 0 bridgehead atoms. The Morgan fingerprint density at radius 1 is 1.23 bits per heavy atom. The van der Waals surface area contributed by atoms with Gasteiger partial charge < -0.3 is 10.1 Å². The van der Waals surface area contributed by atoms with Crippen molar-refractivity contribution in [3.8, 4) is 5.75 Å². The van der Waals surface area contributed by atoms with Crippen molar-refractivity contribution in [3.05, 3.63) is 56.5 Å². The van der Waals surface area contributed by atoms with E-state index in [4.69, 9.17) is 4.74 Å². The minimum Gasteiger partial charge on any atom is -0.477 e. The molecule has 0 radical (unpaired) electrons. The number of carbonyl (C=O) groups excluding carboxylic acids is 1. The quantitative estimate of drug-likeness (QED) is 0.461. The van der Waals surface area contributed by atoms with Crippen LogP contribution in [0, 0.1) is 17.0 Å². The second kappa shape index (κ2) is 9.11. The number of carbonyl (C=O) groups is 1. The number of halogens is 1. The molecule has 2 aromatic rings. The molecule has 30 heavy (non-hydrogen) atoms. The topological polar surface area (TPSA) is 119 Å². The third-order valence-electron chi connectivity index (χ3n) is 4.64. The monoisotopic (exact) mass is 497 g/mol. The first-order chi connectivity index (χ1) is 14.2. The van der Waals surface area contributed by atoms with E-state index in [1.807, 2.05) is 13.0 Å². The van der Waals surface area contributed by atoms with Crippen LogP contribution in [0.1, 0.15) is 18.4 Å². The molecule has 1 aliphatic heterocycles. The fraction of sp³-hybridized carbons (Fsp3) is 0.316. The molecule has 0 saturated carbocycles. The van der Waals surface area contributed by atoms with E-state index in [1.54, 1.807) is 12.1 Å². The van der Waals surface area contributed by atoms with E-state index in [0.717, 1.165) is 28.9 Å². The van der Waals surface area contributed by atoms with Gasteiger partial charge in [-0.05, 0) is 49.6 Å². The number of amides is 1. The molecule has 2 aromatic carbocycles. The fourth-order valence-electron chi connectivity index (χ4n) is 3.01. The number of aryl methyl sites for hydroxylation is 1. The van der Waals surface area contributed by atoms with Crippen LogP contribution in [0.2, 0.25) is 0 Å². The van der Waals surface area contributed by atoms with E-state index in [0.29, 0.717) is 18.8 Å². The number of sulfonamides is 1.